The van der Waals surface area contributed by atoms with E-state index in [1.807, 2.05) is 0 Å². The van der Waals surface area contributed by atoms with Crippen molar-refractivity contribution in [3.05, 3.63) is 28.8 Å². The highest BCUT2D eigenvalue weighted by Crippen LogP contribution is 2.21. The SMILES string of the molecule is CN(Cc1ccc(Cl)cc1N)CC(F)(F)F. The molecule has 0 aliphatic heterocycles. The first-order valence-electron chi connectivity index (χ1n) is 4.57. The Morgan fingerprint density at radius 3 is 2.50 bits per heavy atom. The molecule has 0 aliphatic rings. The fourth-order valence-corrected chi connectivity index (χ4v) is 1.54. The lowest BCUT2D eigenvalue weighted by atomic mass is 10.1. The summed E-state index contributed by atoms with van der Waals surface area (Å²) >= 11 is 5.69. The summed E-state index contributed by atoms with van der Waals surface area (Å²) in [7, 11) is 1.39. The van der Waals surface area contributed by atoms with Crippen molar-refractivity contribution < 1.29 is 13.2 Å². The first kappa shape index (κ1) is 13.1. The van der Waals surface area contributed by atoms with E-state index in [9.17, 15) is 13.2 Å². The first-order chi connectivity index (χ1) is 7.28. The summed E-state index contributed by atoms with van der Waals surface area (Å²) in [5.74, 6) is 0. The zero-order valence-electron chi connectivity index (χ0n) is 8.68. The quantitative estimate of drug-likeness (QED) is 0.838. The second-order valence-corrected chi connectivity index (χ2v) is 4.07. The second-order valence-electron chi connectivity index (χ2n) is 3.63. The average Bonchev–Trinajstić information content (AvgIpc) is 2.06. The molecule has 2 N–H and O–H groups in total. The van der Waals surface area contributed by atoms with Crippen LogP contribution in [0.3, 0.4) is 0 Å². The van der Waals surface area contributed by atoms with Crippen molar-refractivity contribution in [1.82, 2.24) is 4.90 Å². The summed E-state index contributed by atoms with van der Waals surface area (Å²) in [5, 5.41) is 0.472. The highest BCUT2D eigenvalue weighted by Gasteiger charge is 2.29. The van der Waals surface area contributed by atoms with Crippen molar-refractivity contribution >= 4 is 17.3 Å². The fourth-order valence-electron chi connectivity index (χ4n) is 1.36. The van der Waals surface area contributed by atoms with Crippen molar-refractivity contribution in [2.24, 2.45) is 0 Å². The standard InChI is InChI=1S/C10H12ClF3N2/c1-16(6-10(12,13)14)5-7-2-3-8(11)4-9(7)15/h2-4H,5-6,15H2,1H3. The molecule has 0 heterocycles. The van der Waals surface area contributed by atoms with Gasteiger partial charge < -0.3 is 5.73 Å². The van der Waals surface area contributed by atoms with E-state index in [4.69, 9.17) is 17.3 Å². The van der Waals surface area contributed by atoms with Gasteiger partial charge in [0.15, 0.2) is 0 Å². The molecular formula is C10H12ClF3N2. The molecule has 1 aromatic rings. The number of benzene rings is 1. The van der Waals surface area contributed by atoms with Crippen LogP contribution in [0.5, 0.6) is 0 Å². The van der Waals surface area contributed by atoms with Crippen LogP contribution in [0, 0.1) is 0 Å². The summed E-state index contributed by atoms with van der Waals surface area (Å²) in [5.41, 5.74) is 6.68. The molecule has 1 rings (SSSR count). The van der Waals surface area contributed by atoms with Gasteiger partial charge in [-0.1, -0.05) is 17.7 Å². The number of hydrogen-bond donors (Lipinski definition) is 1. The van der Waals surface area contributed by atoms with Gasteiger partial charge in [0.1, 0.15) is 0 Å². The van der Waals surface area contributed by atoms with Gasteiger partial charge in [0, 0.05) is 17.3 Å². The number of hydrogen-bond acceptors (Lipinski definition) is 2. The summed E-state index contributed by atoms with van der Waals surface area (Å²) in [6, 6.07) is 4.76. The van der Waals surface area contributed by atoms with Gasteiger partial charge in [0.2, 0.25) is 0 Å². The summed E-state index contributed by atoms with van der Waals surface area (Å²) in [6.45, 7) is -0.822. The number of anilines is 1. The van der Waals surface area contributed by atoms with Crippen LogP contribution in [0.15, 0.2) is 18.2 Å². The predicted octanol–water partition coefficient (Wildman–Crippen LogP) is 2.92. The molecule has 0 unspecified atom stereocenters. The van der Waals surface area contributed by atoms with E-state index in [0.717, 1.165) is 4.90 Å². The normalized spacial score (nSPS) is 12.1. The Balaban J connectivity index is 2.66. The molecule has 16 heavy (non-hydrogen) atoms. The maximum Gasteiger partial charge on any atom is 0.401 e. The Bertz CT molecular complexity index is 366. The van der Waals surface area contributed by atoms with E-state index in [-0.39, 0.29) is 6.54 Å². The van der Waals surface area contributed by atoms with Crippen LogP contribution in [-0.4, -0.2) is 24.7 Å². The molecule has 0 atom stereocenters. The third kappa shape index (κ3) is 4.28. The number of nitrogen functional groups attached to an aromatic ring is 1. The molecule has 1 aromatic carbocycles. The van der Waals surface area contributed by atoms with Gasteiger partial charge in [-0.15, -0.1) is 0 Å². The Morgan fingerprint density at radius 1 is 1.38 bits per heavy atom. The van der Waals surface area contributed by atoms with Crippen molar-refractivity contribution in [3.8, 4) is 0 Å². The lowest BCUT2D eigenvalue weighted by molar-refractivity contribution is -0.144. The van der Waals surface area contributed by atoms with Gasteiger partial charge in [-0.05, 0) is 24.7 Å². The maximum absolute atomic E-state index is 12.1. The van der Waals surface area contributed by atoms with Crippen molar-refractivity contribution in [2.45, 2.75) is 12.7 Å². The van der Waals surface area contributed by atoms with Gasteiger partial charge in [-0.2, -0.15) is 13.2 Å². The number of alkyl halides is 3. The molecule has 0 aliphatic carbocycles. The average molecular weight is 253 g/mol. The van der Waals surface area contributed by atoms with E-state index in [2.05, 4.69) is 0 Å². The molecule has 0 bridgehead atoms. The van der Waals surface area contributed by atoms with Crippen LogP contribution in [0.1, 0.15) is 5.56 Å². The van der Waals surface area contributed by atoms with Crippen LogP contribution in [0.2, 0.25) is 5.02 Å². The molecule has 2 nitrogen and oxygen atoms in total. The van der Waals surface area contributed by atoms with Gasteiger partial charge in [0.05, 0.1) is 6.54 Å². The van der Waals surface area contributed by atoms with Crippen LogP contribution < -0.4 is 5.73 Å². The summed E-state index contributed by atoms with van der Waals surface area (Å²) in [4.78, 5) is 1.15. The van der Waals surface area contributed by atoms with E-state index < -0.39 is 12.7 Å². The second kappa shape index (κ2) is 4.93. The van der Waals surface area contributed by atoms with Crippen LogP contribution in [0.4, 0.5) is 18.9 Å². The zero-order chi connectivity index (χ0) is 12.3. The lowest BCUT2D eigenvalue weighted by Gasteiger charge is -2.19. The monoisotopic (exact) mass is 252 g/mol. The van der Waals surface area contributed by atoms with Crippen molar-refractivity contribution in [2.75, 3.05) is 19.3 Å². The third-order valence-electron chi connectivity index (χ3n) is 2.00. The summed E-state index contributed by atoms with van der Waals surface area (Å²) in [6.07, 6.45) is -4.20. The largest absolute Gasteiger partial charge is 0.401 e. The molecule has 0 aromatic heterocycles. The van der Waals surface area contributed by atoms with E-state index >= 15 is 0 Å². The van der Waals surface area contributed by atoms with Gasteiger partial charge in [-0.3, -0.25) is 4.90 Å². The lowest BCUT2D eigenvalue weighted by Crippen LogP contribution is -2.30. The Hall–Kier alpha value is -0.940. The number of rotatable bonds is 3. The van der Waals surface area contributed by atoms with E-state index in [1.165, 1.54) is 13.1 Å². The molecular weight excluding hydrogens is 241 g/mol. The molecule has 0 amide bonds. The number of nitrogens with two attached hydrogens (primary N) is 1. The number of halogens is 4. The molecule has 0 spiro atoms. The molecule has 0 radical (unpaired) electrons. The molecule has 90 valence electrons. The summed E-state index contributed by atoms with van der Waals surface area (Å²) < 4.78 is 36.2. The Labute approximate surface area is 96.8 Å². The highest BCUT2D eigenvalue weighted by atomic mass is 35.5. The smallest absolute Gasteiger partial charge is 0.398 e. The van der Waals surface area contributed by atoms with Crippen molar-refractivity contribution in [1.29, 1.82) is 0 Å². The molecule has 6 heteroatoms. The van der Waals surface area contributed by atoms with Crippen LogP contribution in [0.25, 0.3) is 0 Å². The molecule has 0 saturated heterocycles. The third-order valence-corrected chi connectivity index (χ3v) is 2.23. The molecule has 0 fully saturated rings. The Morgan fingerprint density at radius 2 is 2.00 bits per heavy atom. The topological polar surface area (TPSA) is 29.3 Å². The van der Waals surface area contributed by atoms with Crippen LogP contribution in [-0.2, 0) is 6.54 Å². The maximum atomic E-state index is 12.1. The minimum atomic E-state index is -4.20. The highest BCUT2D eigenvalue weighted by molar-refractivity contribution is 6.30. The van der Waals surface area contributed by atoms with Gasteiger partial charge in [0.25, 0.3) is 0 Å². The van der Waals surface area contributed by atoms with Crippen LogP contribution >= 0.6 is 11.6 Å². The molecule has 0 saturated carbocycles. The Kier molecular flexibility index (Phi) is 4.04. The van der Waals surface area contributed by atoms with Gasteiger partial charge in [-0.25, -0.2) is 0 Å². The van der Waals surface area contributed by atoms with Gasteiger partial charge >= 0.3 is 6.18 Å². The minimum absolute atomic E-state index is 0.141. The number of nitrogens with zero attached hydrogens (tertiary/aromatic N) is 1. The van der Waals surface area contributed by atoms with E-state index in [0.29, 0.717) is 16.3 Å². The first-order valence-corrected chi connectivity index (χ1v) is 4.95. The minimum Gasteiger partial charge on any atom is -0.398 e. The zero-order valence-corrected chi connectivity index (χ0v) is 9.44. The fraction of sp³-hybridized carbons (Fsp3) is 0.400. The predicted molar refractivity (Wildman–Crippen MR) is 58.3 cm³/mol. The van der Waals surface area contributed by atoms with E-state index in [1.54, 1.807) is 12.1 Å². The van der Waals surface area contributed by atoms with Crippen molar-refractivity contribution in [3.63, 3.8) is 0 Å².